The molecule has 0 spiro atoms. The van der Waals surface area contributed by atoms with Gasteiger partial charge in [-0.25, -0.2) is 0 Å². The molecule has 0 radical (unpaired) electrons. The lowest BCUT2D eigenvalue weighted by atomic mass is 9.99. The van der Waals surface area contributed by atoms with Crippen LogP contribution in [-0.2, 0) is 0 Å². The van der Waals surface area contributed by atoms with Gasteiger partial charge in [0.15, 0.2) is 0 Å². The van der Waals surface area contributed by atoms with Gasteiger partial charge in [0.25, 0.3) is 0 Å². The second-order valence-electron chi connectivity index (χ2n) is 4.34. The number of aryl methyl sites for hydroxylation is 3. The summed E-state index contributed by atoms with van der Waals surface area (Å²) < 4.78 is 0. The molecule has 1 aromatic carbocycles. The molecule has 1 N–H and O–H groups in total. The third kappa shape index (κ3) is 2.50. The molecule has 0 aliphatic carbocycles. The summed E-state index contributed by atoms with van der Waals surface area (Å²) in [6.45, 7) is 5.75. The van der Waals surface area contributed by atoms with Crippen molar-refractivity contribution in [2.24, 2.45) is 0 Å². The fourth-order valence-electron chi connectivity index (χ4n) is 1.87. The average molecular weight is 228 g/mol. The first-order valence-corrected chi connectivity index (χ1v) is 5.63. The van der Waals surface area contributed by atoms with E-state index in [1.807, 2.05) is 51.1 Å². The lowest BCUT2D eigenvalue weighted by Gasteiger charge is -2.14. The number of aliphatic hydroxyl groups is 1. The van der Waals surface area contributed by atoms with Crippen molar-refractivity contribution in [2.75, 3.05) is 0 Å². The van der Waals surface area contributed by atoms with E-state index in [1.54, 1.807) is 0 Å². The second kappa shape index (κ2) is 4.63. The van der Waals surface area contributed by atoms with Crippen molar-refractivity contribution in [3.05, 3.63) is 58.4 Å². The van der Waals surface area contributed by atoms with Crippen molar-refractivity contribution in [2.45, 2.75) is 26.9 Å². The number of hydrogen-bond donors (Lipinski definition) is 1. The molecule has 1 heterocycles. The summed E-state index contributed by atoms with van der Waals surface area (Å²) >= 11 is 0. The van der Waals surface area contributed by atoms with Crippen molar-refractivity contribution in [3.8, 4) is 0 Å². The van der Waals surface area contributed by atoms with Gasteiger partial charge in [0.05, 0.1) is 11.4 Å². The Morgan fingerprint density at radius 3 is 2.53 bits per heavy atom. The first-order valence-electron chi connectivity index (χ1n) is 5.63. The highest BCUT2D eigenvalue weighted by Crippen LogP contribution is 2.24. The normalized spacial score (nSPS) is 12.5. The number of rotatable bonds is 2. The molecule has 1 unspecified atom stereocenters. The zero-order valence-corrected chi connectivity index (χ0v) is 10.3. The van der Waals surface area contributed by atoms with Gasteiger partial charge in [-0.1, -0.05) is 29.8 Å². The minimum Gasteiger partial charge on any atom is -0.384 e. The van der Waals surface area contributed by atoms with Crippen molar-refractivity contribution in [1.29, 1.82) is 0 Å². The first kappa shape index (κ1) is 11.7. The maximum Gasteiger partial charge on any atom is 0.106 e. The molecule has 3 nitrogen and oxygen atoms in total. The summed E-state index contributed by atoms with van der Waals surface area (Å²) in [5, 5.41) is 18.4. The fourth-order valence-corrected chi connectivity index (χ4v) is 1.87. The minimum atomic E-state index is -0.635. The predicted octanol–water partition coefficient (Wildman–Crippen LogP) is 2.48. The molecule has 2 rings (SSSR count). The van der Waals surface area contributed by atoms with E-state index >= 15 is 0 Å². The summed E-state index contributed by atoms with van der Waals surface area (Å²) in [4.78, 5) is 0. The van der Waals surface area contributed by atoms with Crippen molar-refractivity contribution in [3.63, 3.8) is 0 Å². The molecule has 0 aliphatic heterocycles. The Kier molecular flexibility index (Phi) is 3.20. The molecule has 0 saturated heterocycles. The van der Waals surface area contributed by atoms with Gasteiger partial charge in [0.1, 0.15) is 6.10 Å². The van der Waals surface area contributed by atoms with Gasteiger partial charge >= 0.3 is 0 Å². The Bertz CT molecular complexity index is 537. The van der Waals surface area contributed by atoms with Gasteiger partial charge in [-0.15, -0.1) is 0 Å². The van der Waals surface area contributed by atoms with Crippen LogP contribution in [0.1, 0.15) is 34.2 Å². The lowest BCUT2D eigenvalue weighted by Crippen LogP contribution is -2.05. The highest BCUT2D eigenvalue weighted by atomic mass is 16.3. The molecule has 0 amide bonds. The molecule has 0 fully saturated rings. The van der Waals surface area contributed by atoms with Gasteiger partial charge in [0, 0.05) is 5.56 Å². The van der Waals surface area contributed by atoms with Crippen LogP contribution in [0, 0.1) is 20.8 Å². The molecule has 3 heteroatoms. The molecule has 0 bridgehead atoms. The van der Waals surface area contributed by atoms with E-state index in [0.717, 1.165) is 28.1 Å². The monoisotopic (exact) mass is 228 g/mol. The SMILES string of the molecule is Cc1cccc(C(O)c2cc(C)nnc2C)c1. The molecular weight excluding hydrogens is 212 g/mol. The van der Waals surface area contributed by atoms with Crippen LogP contribution < -0.4 is 0 Å². The molecule has 2 aromatic rings. The van der Waals surface area contributed by atoms with Crippen LogP contribution in [0.2, 0.25) is 0 Å². The average Bonchev–Trinajstić information content (AvgIpc) is 2.31. The lowest BCUT2D eigenvalue weighted by molar-refractivity contribution is 0.218. The summed E-state index contributed by atoms with van der Waals surface area (Å²) in [5.41, 5.74) is 4.43. The van der Waals surface area contributed by atoms with Crippen LogP contribution >= 0.6 is 0 Å². The highest BCUT2D eigenvalue weighted by molar-refractivity contribution is 5.34. The number of aliphatic hydroxyl groups excluding tert-OH is 1. The van der Waals surface area contributed by atoms with Crippen LogP contribution in [0.3, 0.4) is 0 Å². The van der Waals surface area contributed by atoms with Crippen LogP contribution in [0.15, 0.2) is 30.3 Å². The van der Waals surface area contributed by atoms with Crippen LogP contribution in [0.4, 0.5) is 0 Å². The summed E-state index contributed by atoms with van der Waals surface area (Å²) in [6, 6.07) is 9.76. The standard InChI is InChI=1S/C14H16N2O/c1-9-5-4-6-12(7-9)14(17)13-8-10(2)15-16-11(13)3/h4-8,14,17H,1-3H3. The van der Waals surface area contributed by atoms with Crippen LogP contribution in [0.5, 0.6) is 0 Å². The topological polar surface area (TPSA) is 46.0 Å². The van der Waals surface area contributed by atoms with E-state index < -0.39 is 6.10 Å². The van der Waals surface area contributed by atoms with Gasteiger partial charge in [-0.05, 0) is 32.4 Å². The van der Waals surface area contributed by atoms with E-state index in [1.165, 1.54) is 0 Å². The smallest absolute Gasteiger partial charge is 0.106 e. The number of aromatic nitrogens is 2. The van der Waals surface area contributed by atoms with Gasteiger partial charge in [-0.3, -0.25) is 0 Å². The van der Waals surface area contributed by atoms with Crippen molar-refractivity contribution in [1.82, 2.24) is 10.2 Å². The minimum absolute atomic E-state index is 0.635. The number of hydrogen-bond acceptors (Lipinski definition) is 3. The molecule has 0 saturated carbocycles. The van der Waals surface area contributed by atoms with Crippen molar-refractivity contribution < 1.29 is 5.11 Å². The molecule has 88 valence electrons. The van der Waals surface area contributed by atoms with Crippen LogP contribution in [-0.4, -0.2) is 15.3 Å². The van der Waals surface area contributed by atoms with E-state index in [4.69, 9.17) is 0 Å². The van der Waals surface area contributed by atoms with Crippen LogP contribution in [0.25, 0.3) is 0 Å². The predicted molar refractivity (Wildman–Crippen MR) is 66.7 cm³/mol. The third-order valence-corrected chi connectivity index (χ3v) is 2.79. The summed E-state index contributed by atoms with van der Waals surface area (Å²) in [5.74, 6) is 0. The van der Waals surface area contributed by atoms with E-state index in [2.05, 4.69) is 10.2 Å². The quantitative estimate of drug-likeness (QED) is 0.859. The maximum absolute atomic E-state index is 10.4. The Labute approximate surface area is 101 Å². The Morgan fingerprint density at radius 1 is 1.06 bits per heavy atom. The zero-order chi connectivity index (χ0) is 12.4. The third-order valence-electron chi connectivity index (χ3n) is 2.79. The Morgan fingerprint density at radius 2 is 1.82 bits per heavy atom. The molecule has 1 atom stereocenters. The van der Waals surface area contributed by atoms with E-state index in [-0.39, 0.29) is 0 Å². The zero-order valence-electron chi connectivity index (χ0n) is 10.3. The van der Waals surface area contributed by atoms with Gasteiger partial charge in [0.2, 0.25) is 0 Å². The van der Waals surface area contributed by atoms with E-state index in [0.29, 0.717) is 0 Å². The largest absolute Gasteiger partial charge is 0.384 e. The van der Waals surface area contributed by atoms with Crippen molar-refractivity contribution >= 4 is 0 Å². The Hall–Kier alpha value is -1.74. The fraction of sp³-hybridized carbons (Fsp3) is 0.286. The summed E-state index contributed by atoms with van der Waals surface area (Å²) in [6.07, 6.45) is -0.635. The van der Waals surface area contributed by atoms with E-state index in [9.17, 15) is 5.11 Å². The second-order valence-corrected chi connectivity index (χ2v) is 4.34. The van der Waals surface area contributed by atoms with Gasteiger partial charge in [-0.2, -0.15) is 10.2 Å². The summed E-state index contributed by atoms with van der Waals surface area (Å²) in [7, 11) is 0. The molecule has 0 aliphatic rings. The number of benzene rings is 1. The number of nitrogens with zero attached hydrogens (tertiary/aromatic N) is 2. The maximum atomic E-state index is 10.4. The first-order chi connectivity index (χ1) is 8.08. The molecular formula is C14H16N2O. The molecule has 1 aromatic heterocycles. The Balaban J connectivity index is 2.43. The molecule has 17 heavy (non-hydrogen) atoms. The van der Waals surface area contributed by atoms with Gasteiger partial charge < -0.3 is 5.11 Å². The highest BCUT2D eigenvalue weighted by Gasteiger charge is 2.14.